The number of halogens is 1. The largest absolute Gasteiger partial charge is 0.454 e. The predicted molar refractivity (Wildman–Crippen MR) is 136 cm³/mol. The maximum atomic E-state index is 15.6. The maximum absolute atomic E-state index is 15.6. The fourth-order valence-electron chi connectivity index (χ4n) is 5.05. The molecule has 0 spiro atoms. The van der Waals surface area contributed by atoms with Gasteiger partial charge in [0, 0.05) is 32.0 Å². The van der Waals surface area contributed by atoms with Crippen LogP contribution in [0.2, 0.25) is 0 Å². The molecule has 0 N–H and O–H groups in total. The molecule has 0 fully saturated rings. The van der Waals surface area contributed by atoms with Crippen LogP contribution in [0, 0.1) is 25.0 Å². The molecule has 3 heteroatoms. The molecule has 2 aromatic heterocycles. The van der Waals surface area contributed by atoms with Gasteiger partial charge in [-0.25, -0.2) is 8.96 Å². The molecule has 2 nitrogen and oxygen atoms in total. The van der Waals surface area contributed by atoms with Crippen LogP contribution in [-0.2, 0) is 19.8 Å². The Morgan fingerprint density at radius 1 is 0.941 bits per heavy atom. The molecule has 170 valence electrons. The van der Waals surface area contributed by atoms with Crippen LogP contribution in [-0.4, -0.2) is 0 Å². The Kier molecular flexibility index (Phi) is 3.15. The van der Waals surface area contributed by atoms with Crippen molar-refractivity contribution in [2.75, 3.05) is 0 Å². The molecule has 0 atom stereocenters. The number of furan rings is 1. The zero-order chi connectivity index (χ0) is 29.9. The Labute approximate surface area is 209 Å². The van der Waals surface area contributed by atoms with E-state index < -0.39 is 30.8 Å². The van der Waals surface area contributed by atoms with Crippen LogP contribution >= 0.6 is 0 Å². The number of hydrogen-bond acceptors (Lipinski definition) is 1. The molecule has 34 heavy (non-hydrogen) atoms. The number of pyridine rings is 1. The summed E-state index contributed by atoms with van der Waals surface area (Å²) < 4.78 is 81.9. The molecule has 1 aliphatic carbocycles. The van der Waals surface area contributed by atoms with Gasteiger partial charge in [0.2, 0.25) is 5.69 Å². The van der Waals surface area contributed by atoms with Crippen LogP contribution in [0.25, 0.3) is 44.3 Å². The van der Waals surface area contributed by atoms with Crippen molar-refractivity contribution >= 4 is 21.9 Å². The lowest BCUT2D eigenvalue weighted by Crippen LogP contribution is -2.31. The zero-order valence-corrected chi connectivity index (χ0v) is 19.5. The summed E-state index contributed by atoms with van der Waals surface area (Å²) in [7, 11) is 1.77. The molecule has 1 aliphatic rings. The third-order valence-corrected chi connectivity index (χ3v) is 6.56. The first-order chi connectivity index (χ1) is 19.0. The smallest absolute Gasteiger partial charge is 0.216 e. The van der Waals surface area contributed by atoms with Gasteiger partial charge in [0.05, 0.1) is 11.1 Å². The highest BCUT2D eigenvalue weighted by Crippen LogP contribution is 2.43. The topological polar surface area (TPSA) is 17.0 Å². The average Bonchev–Trinajstić information content (AvgIpc) is 3.30. The summed E-state index contributed by atoms with van der Waals surface area (Å²) in [6.45, 7) is 2.83. The minimum absolute atomic E-state index is 0.174. The van der Waals surface area contributed by atoms with E-state index in [-0.39, 0.29) is 22.3 Å². The highest BCUT2D eigenvalue weighted by molar-refractivity contribution is 6.13. The van der Waals surface area contributed by atoms with Gasteiger partial charge in [-0.3, -0.25) is 0 Å². The number of hydrogen-bond donors (Lipinski definition) is 0. The highest BCUT2D eigenvalue weighted by atomic mass is 19.1. The first-order valence-corrected chi connectivity index (χ1v) is 11.3. The summed E-state index contributed by atoms with van der Waals surface area (Å²) in [4.78, 5) is 0. The quantitative estimate of drug-likeness (QED) is 0.249. The van der Waals surface area contributed by atoms with Gasteiger partial charge in [-0.05, 0) is 72.4 Å². The van der Waals surface area contributed by atoms with Gasteiger partial charge in [-0.2, -0.15) is 0 Å². The lowest BCUT2D eigenvalue weighted by molar-refractivity contribution is -0.660. The van der Waals surface area contributed by atoms with Gasteiger partial charge >= 0.3 is 0 Å². The Balaban J connectivity index is 1.61. The molecule has 0 amide bonds. The van der Waals surface area contributed by atoms with Gasteiger partial charge < -0.3 is 4.42 Å². The second-order valence-corrected chi connectivity index (χ2v) is 9.58. The molecule has 0 unspecified atom stereocenters. The molecule has 0 bridgehead atoms. The number of aryl methyl sites for hydroxylation is 3. The average molecular weight is 458 g/mol. The van der Waals surface area contributed by atoms with E-state index in [0.717, 1.165) is 22.2 Å². The minimum atomic E-state index is -2.25. The summed E-state index contributed by atoms with van der Waals surface area (Å²) in [6.07, 6.45) is -2.32. The normalized spacial score (nSPS) is 21.1. The number of benzene rings is 3. The van der Waals surface area contributed by atoms with E-state index >= 15 is 4.39 Å². The second-order valence-electron chi connectivity index (χ2n) is 9.58. The van der Waals surface area contributed by atoms with Gasteiger partial charge in [0.1, 0.15) is 24.0 Å². The van der Waals surface area contributed by atoms with Crippen LogP contribution in [0.3, 0.4) is 0 Å². The zero-order valence-electron chi connectivity index (χ0n) is 26.5. The molecule has 0 radical (unpaired) electrons. The fourth-order valence-corrected chi connectivity index (χ4v) is 5.05. The lowest BCUT2D eigenvalue weighted by Gasteiger charge is -2.14. The summed E-state index contributed by atoms with van der Waals surface area (Å²) in [5.41, 5.74) is 3.13. The molecule has 0 saturated heterocycles. The molecule has 5 aromatic rings. The van der Waals surface area contributed by atoms with Crippen LogP contribution < -0.4 is 4.57 Å². The lowest BCUT2D eigenvalue weighted by atomic mass is 9.90. The summed E-state index contributed by atoms with van der Waals surface area (Å²) in [5, 5.41) is 1.44. The van der Waals surface area contributed by atoms with E-state index in [9.17, 15) is 0 Å². The molecule has 2 heterocycles. The van der Waals surface area contributed by atoms with Crippen LogP contribution in [0.15, 0.2) is 65.2 Å². The minimum Gasteiger partial charge on any atom is -0.454 e. The van der Waals surface area contributed by atoms with Crippen molar-refractivity contribution in [2.24, 2.45) is 12.5 Å². The number of rotatable bonds is 2. The highest BCUT2D eigenvalue weighted by Gasteiger charge is 2.29. The number of aromatic nitrogens is 1. The van der Waals surface area contributed by atoms with Gasteiger partial charge in [0.15, 0.2) is 6.20 Å². The third-order valence-electron chi connectivity index (χ3n) is 6.56. The van der Waals surface area contributed by atoms with E-state index in [1.165, 1.54) is 6.07 Å². The van der Waals surface area contributed by atoms with Crippen molar-refractivity contribution in [3.63, 3.8) is 0 Å². The summed E-state index contributed by atoms with van der Waals surface area (Å²) in [6, 6.07) is 14.9. The first kappa shape index (κ1) is 14.7. The molecule has 3 aromatic carbocycles. The second kappa shape index (κ2) is 7.27. The van der Waals surface area contributed by atoms with E-state index in [1.54, 1.807) is 68.1 Å². The monoisotopic (exact) mass is 457 g/mol. The standard InChI is InChI=1S/C31H29FNO/c1-18-6-13-26(33(5)17-18)27-19(2)7-10-23-24-11-12-25(32)28(30(24)34-29(23)27)20-8-9-21-15-31(3,4)16-22(21)14-20/h6-14,17H,15-16H2,1-5H3/q+1/i1D3,15D2,16D2. The Hall–Kier alpha value is -3.46. The van der Waals surface area contributed by atoms with E-state index in [0.29, 0.717) is 22.1 Å². The fraction of sp³-hybridized carbons (Fsp3) is 0.258. The van der Waals surface area contributed by atoms with Crippen molar-refractivity contribution < 1.29 is 23.0 Å². The molecule has 0 aliphatic heterocycles. The Bertz CT molecular complexity index is 1900. The Morgan fingerprint density at radius 2 is 1.68 bits per heavy atom. The first-order valence-electron chi connectivity index (χ1n) is 14.8. The predicted octanol–water partition coefficient (Wildman–Crippen LogP) is 7.63. The van der Waals surface area contributed by atoms with E-state index in [2.05, 4.69) is 0 Å². The molecule has 0 saturated carbocycles. The van der Waals surface area contributed by atoms with Gasteiger partial charge in [-0.15, -0.1) is 0 Å². The van der Waals surface area contributed by atoms with Crippen LogP contribution in [0.5, 0.6) is 0 Å². The van der Waals surface area contributed by atoms with Crippen molar-refractivity contribution in [3.05, 3.63) is 88.9 Å². The van der Waals surface area contributed by atoms with E-state index in [4.69, 9.17) is 14.0 Å². The van der Waals surface area contributed by atoms with Gasteiger partial charge in [0.25, 0.3) is 0 Å². The maximum Gasteiger partial charge on any atom is 0.216 e. The summed E-state index contributed by atoms with van der Waals surface area (Å²) >= 11 is 0. The van der Waals surface area contributed by atoms with E-state index in [1.807, 2.05) is 19.1 Å². The van der Waals surface area contributed by atoms with Crippen LogP contribution in [0.4, 0.5) is 4.39 Å². The molecule has 6 rings (SSSR count). The van der Waals surface area contributed by atoms with Gasteiger partial charge in [-0.1, -0.05) is 44.2 Å². The molecular weight excluding hydrogens is 421 g/mol. The third kappa shape index (κ3) is 3.18. The van der Waals surface area contributed by atoms with Crippen molar-refractivity contribution in [1.29, 1.82) is 0 Å². The SMILES string of the molecule is [2H]C([2H])([2H])c1ccc(-c2c(C)ccc3c2oc2c(-c4ccc5c(c4)C([2H])([2H])C(C)(C)C5([2H])[2H])c(F)ccc23)[n+](C)c1. The number of fused-ring (bicyclic) bond motifs is 4. The van der Waals surface area contributed by atoms with Crippen molar-refractivity contribution in [1.82, 2.24) is 0 Å². The van der Waals surface area contributed by atoms with Crippen molar-refractivity contribution in [3.8, 4) is 22.4 Å². The summed E-state index contributed by atoms with van der Waals surface area (Å²) in [5.74, 6) is -0.539. The van der Waals surface area contributed by atoms with Crippen molar-refractivity contribution in [2.45, 2.75) is 40.4 Å². The molecular formula is C31H29FNO+. The Morgan fingerprint density at radius 3 is 2.44 bits per heavy atom. The van der Waals surface area contributed by atoms with Crippen LogP contribution in [0.1, 0.15) is 45.7 Å². The number of nitrogens with zero attached hydrogens (tertiary/aromatic N) is 1.